The smallest absolute Gasteiger partial charge is 0.253 e. The molecular weight excluding hydrogens is 486 g/mol. The molecule has 3 aliphatic rings. The molecule has 0 heterocycles. The SMILES string of the molecule is CC1CCC(NC(=O)c2cccc(C(=O)NC3CCC(C)CC3C)c2C(=O)NC2CCC(C)CC2C)C(C)C1. The van der Waals surface area contributed by atoms with E-state index in [-0.39, 0.29) is 41.4 Å². The van der Waals surface area contributed by atoms with Crippen LogP contribution in [0.1, 0.15) is 130 Å². The largest absolute Gasteiger partial charge is 0.349 e. The summed E-state index contributed by atoms with van der Waals surface area (Å²) in [7, 11) is 0. The zero-order chi connectivity index (χ0) is 28.3. The van der Waals surface area contributed by atoms with Crippen molar-refractivity contribution < 1.29 is 14.4 Å². The van der Waals surface area contributed by atoms with Gasteiger partial charge in [0, 0.05) is 18.1 Å². The summed E-state index contributed by atoms with van der Waals surface area (Å²) in [6.07, 6.45) is 9.25. The Morgan fingerprint density at radius 3 is 1.21 bits per heavy atom. The van der Waals surface area contributed by atoms with Gasteiger partial charge in [-0.1, -0.05) is 47.6 Å². The van der Waals surface area contributed by atoms with E-state index in [1.54, 1.807) is 18.2 Å². The van der Waals surface area contributed by atoms with Gasteiger partial charge < -0.3 is 16.0 Å². The van der Waals surface area contributed by atoms with Crippen molar-refractivity contribution in [1.29, 1.82) is 0 Å². The van der Waals surface area contributed by atoms with E-state index in [2.05, 4.69) is 57.5 Å². The predicted octanol–water partition coefficient (Wildman–Crippen LogP) is 6.35. The minimum atomic E-state index is -0.312. The molecule has 1 aromatic rings. The molecule has 0 spiro atoms. The second kappa shape index (κ2) is 12.9. The third kappa shape index (κ3) is 7.24. The summed E-state index contributed by atoms with van der Waals surface area (Å²) >= 11 is 0. The standard InChI is InChI=1S/C33H51N3O3/c1-19-10-13-27(22(4)16-19)34-31(37)25-8-7-9-26(32(38)35-28-14-11-20(2)17-23(28)5)30(25)33(39)36-29-15-12-21(3)18-24(29)6/h7-9,19-24,27-29H,10-18H2,1-6H3,(H,34,37)(H,35,38)(H,36,39). The first-order valence-electron chi connectivity index (χ1n) is 15.6. The summed E-state index contributed by atoms with van der Waals surface area (Å²) in [6, 6.07) is 5.34. The summed E-state index contributed by atoms with van der Waals surface area (Å²) in [6.45, 7) is 13.4. The van der Waals surface area contributed by atoms with Crippen molar-refractivity contribution in [3.63, 3.8) is 0 Å². The van der Waals surface area contributed by atoms with E-state index in [0.717, 1.165) is 57.8 Å². The third-order valence-corrected chi connectivity index (χ3v) is 10.0. The normalized spacial score (nSPS) is 35.1. The van der Waals surface area contributed by atoms with E-state index in [1.807, 2.05) is 0 Å². The van der Waals surface area contributed by atoms with Crippen molar-refractivity contribution in [2.45, 2.75) is 117 Å². The summed E-state index contributed by atoms with van der Waals surface area (Å²) < 4.78 is 0. The first kappa shape index (κ1) is 29.6. The third-order valence-electron chi connectivity index (χ3n) is 10.0. The Bertz CT molecular complexity index is 981. The van der Waals surface area contributed by atoms with E-state index in [9.17, 15) is 14.4 Å². The first-order valence-corrected chi connectivity index (χ1v) is 15.6. The van der Waals surface area contributed by atoms with Gasteiger partial charge in [0.25, 0.3) is 17.7 Å². The molecule has 1 aromatic carbocycles. The Morgan fingerprint density at radius 1 is 0.538 bits per heavy atom. The fourth-order valence-corrected chi connectivity index (χ4v) is 7.55. The molecule has 9 atom stereocenters. The molecule has 0 saturated heterocycles. The Morgan fingerprint density at radius 2 is 0.872 bits per heavy atom. The molecule has 3 aliphatic carbocycles. The van der Waals surface area contributed by atoms with E-state index >= 15 is 0 Å². The number of amides is 3. The van der Waals surface area contributed by atoms with Crippen LogP contribution in [-0.2, 0) is 0 Å². The fraction of sp³-hybridized carbons (Fsp3) is 0.727. The Labute approximate surface area is 235 Å². The molecule has 0 radical (unpaired) electrons. The lowest BCUT2D eigenvalue weighted by Gasteiger charge is -2.34. The van der Waals surface area contributed by atoms with Crippen molar-refractivity contribution in [2.24, 2.45) is 35.5 Å². The highest BCUT2D eigenvalue weighted by molar-refractivity contribution is 6.14. The molecule has 3 amide bonds. The van der Waals surface area contributed by atoms with Crippen molar-refractivity contribution in [3.05, 3.63) is 34.9 Å². The van der Waals surface area contributed by atoms with Gasteiger partial charge in [0.2, 0.25) is 0 Å². The molecular formula is C33H51N3O3. The van der Waals surface area contributed by atoms with Crippen LogP contribution in [0.15, 0.2) is 18.2 Å². The van der Waals surface area contributed by atoms with E-state index < -0.39 is 0 Å². The lowest BCUT2D eigenvalue weighted by Crippen LogP contribution is -2.46. The molecule has 39 heavy (non-hydrogen) atoms. The molecule has 3 saturated carbocycles. The lowest BCUT2D eigenvalue weighted by molar-refractivity contribution is 0.0850. The van der Waals surface area contributed by atoms with Crippen LogP contribution < -0.4 is 16.0 Å². The average molecular weight is 538 g/mol. The van der Waals surface area contributed by atoms with E-state index in [1.165, 1.54) is 0 Å². The Kier molecular flexibility index (Phi) is 9.77. The zero-order valence-electron chi connectivity index (χ0n) is 25.0. The second-order valence-corrected chi connectivity index (χ2v) is 13.7. The number of benzene rings is 1. The quantitative estimate of drug-likeness (QED) is 0.395. The van der Waals surface area contributed by atoms with Crippen LogP contribution in [0.4, 0.5) is 0 Å². The number of rotatable bonds is 6. The van der Waals surface area contributed by atoms with Crippen LogP contribution >= 0.6 is 0 Å². The summed E-state index contributed by atoms with van der Waals surface area (Å²) in [5.41, 5.74) is 0.813. The van der Waals surface area contributed by atoms with Crippen molar-refractivity contribution in [2.75, 3.05) is 0 Å². The molecule has 4 rings (SSSR count). The van der Waals surface area contributed by atoms with Gasteiger partial charge in [-0.25, -0.2) is 0 Å². The van der Waals surface area contributed by atoms with E-state index in [0.29, 0.717) is 46.6 Å². The molecule has 9 unspecified atom stereocenters. The minimum Gasteiger partial charge on any atom is -0.349 e. The monoisotopic (exact) mass is 537 g/mol. The van der Waals surface area contributed by atoms with Gasteiger partial charge in [-0.15, -0.1) is 0 Å². The first-order chi connectivity index (χ1) is 18.5. The maximum atomic E-state index is 13.9. The molecule has 3 fully saturated rings. The van der Waals surface area contributed by atoms with Gasteiger partial charge in [-0.3, -0.25) is 14.4 Å². The summed E-state index contributed by atoms with van der Waals surface area (Å²) in [4.78, 5) is 41.3. The highest BCUT2D eigenvalue weighted by atomic mass is 16.2. The molecule has 0 aliphatic heterocycles. The van der Waals surface area contributed by atoms with Gasteiger partial charge in [0.15, 0.2) is 0 Å². The zero-order valence-corrected chi connectivity index (χ0v) is 25.0. The number of hydrogen-bond acceptors (Lipinski definition) is 3. The minimum absolute atomic E-state index is 0.0421. The highest BCUT2D eigenvalue weighted by Crippen LogP contribution is 2.32. The van der Waals surface area contributed by atoms with Crippen LogP contribution in [0.2, 0.25) is 0 Å². The number of carbonyl (C=O) groups excluding carboxylic acids is 3. The fourth-order valence-electron chi connectivity index (χ4n) is 7.55. The number of hydrogen-bond donors (Lipinski definition) is 3. The van der Waals surface area contributed by atoms with Gasteiger partial charge in [0.1, 0.15) is 0 Å². The number of carbonyl (C=O) groups is 3. The molecule has 0 aromatic heterocycles. The van der Waals surface area contributed by atoms with E-state index in [4.69, 9.17) is 0 Å². The van der Waals surface area contributed by atoms with Crippen LogP contribution in [0.3, 0.4) is 0 Å². The molecule has 216 valence electrons. The van der Waals surface area contributed by atoms with Crippen LogP contribution in [0, 0.1) is 35.5 Å². The summed E-state index contributed by atoms with van der Waals surface area (Å²) in [5.74, 6) is 2.24. The number of nitrogens with one attached hydrogen (secondary N) is 3. The molecule has 6 nitrogen and oxygen atoms in total. The van der Waals surface area contributed by atoms with Gasteiger partial charge in [-0.2, -0.15) is 0 Å². The van der Waals surface area contributed by atoms with Crippen LogP contribution in [0.25, 0.3) is 0 Å². The van der Waals surface area contributed by atoms with Gasteiger partial charge in [-0.05, 0) is 105 Å². The second-order valence-electron chi connectivity index (χ2n) is 13.7. The maximum Gasteiger partial charge on any atom is 0.253 e. The predicted molar refractivity (Wildman–Crippen MR) is 157 cm³/mol. The van der Waals surface area contributed by atoms with Gasteiger partial charge >= 0.3 is 0 Å². The molecule has 3 N–H and O–H groups in total. The highest BCUT2D eigenvalue weighted by Gasteiger charge is 2.33. The molecule has 0 bridgehead atoms. The Balaban J connectivity index is 1.61. The van der Waals surface area contributed by atoms with Crippen molar-refractivity contribution in [1.82, 2.24) is 16.0 Å². The van der Waals surface area contributed by atoms with Crippen molar-refractivity contribution in [3.8, 4) is 0 Å². The average Bonchev–Trinajstić information content (AvgIpc) is 2.88. The Hall–Kier alpha value is -2.37. The maximum absolute atomic E-state index is 13.9. The lowest BCUT2D eigenvalue weighted by atomic mass is 9.79. The molecule has 6 heteroatoms. The van der Waals surface area contributed by atoms with Crippen molar-refractivity contribution >= 4 is 17.7 Å². The van der Waals surface area contributed by atoms with Crippen LogP contribution in [0.5, 0.6) is 0 Å². The van der Waals surface area contributed by atoms with Crippen LogP contribution in [-0.4, -0.2) is 35.8 Å². The van der Waals surface area contributed by atoms with Gasteiger partial charge in [0.05, 0.1) is 16.7 Å². The topological polar surface area (TPSA) is 87.3 Å². The summed E-state index contributed by atoms with van der Waals surface area (Å²) in [5, 5.41) is 9.69.